The molecule has 3 atom stereocenters. The molecule has 1 heterocycles. The number of rotatable bonds is 17. The molecule has 4 amide bonds. The summed E-state index contributed by atoms with van der Waals surface area (Å²) in [6, 6.07) is 4.90. The van der Waals surface area contributed by atoms with Gasteiger partial charge >= 0.3 is 0 Å². The van der Waals surface area contributed by atoms with Crippen molar-refractivity contribution >= 4 is 51.0 Å². The predicted molar refractivity (Wildman–Crippen MR) is 171 cm³/mol. The molecule has 43 heavy (non-hydrogen) atoms. The molecule has 1 aliphatic carbocycles. The van der Waals surface area contributed by atoms with Gasteiger partial charge in [0.1, 0.15) is 23.4 Å². The van der Waals surface area contributed by atoms with Crippen LogP contribution in [0.25, 0.3) is 0 Å². The van der Waals surface area contributed by atoms with Gasteiger partial charge in [0, 0.05) is 30.4 Å². The molecule has 1 aliphatic heterocycles. The second-order valence-corrected chi connectivity index (χ2v) is 14.4. The van der Waals surface area contributed by atoms with Crippen LogP contribution in [0.15, 0.2) is 24.3 Å². The lowest BCUT2D eigenvalue weighted by Gasteiger charge is -2.42. The van der Waals surface area contributed by atoms with Gasteiger partial charge in [0.2, 0.25) is 23.5 Å². The maximum absolute atomic E-state index is 13.5. The molecular weight excluding hydrogens is 588 g/mol. The Morgan fingerprint density at radius 1 is 1.05 bits per heavy atom. The van der Waals surface area contributed by atoms with Crippen LogP contribution < -0.4 is 26.0 Å². The van der Waals surface area contributed by atoms with E-state index in [4.69, 9.17) is 4.74 Å². The van der Waals surface area contributed by atoms with Gasteiger partial charge in [-0.15, -0.1) is 0 Å². The molecule has 1 aromatic carbocycles. The zero-order chi connectivity index (χ0) is 31.4. The Hall–Kier alpha value is -2.73. The summed E-state index contributed by atoms with van der Waals surface area (Å²) in [4.78, 5) is 65.3. The molecule has 12 heteroatoms. The van der Waals surface area contributed by atoms with Gasteiger partial charge in [-0.2, -0.15) is 0 Å². The molecule has 238 valence electrons. The Morgan fingerprint density at radius 2 is 1.77 bits per heavy atom. The van der Waals surface area contributed by atoms with Crippen LogP contribution in [0.5, 0.6) is 5.75 Å². The van der Waals surface area contributed by atoms with Gasteiger partial charge in [0.05, 0.1) is 7.11 Å². The quantitative estimate of drug-likeness (QED) is 0.116. The zero-order valence-corrected chi connectivity index (χ0v) is 27.3. The Balaban J connectivity index is 1.63. The minimum atomic E-state index is -1.14. The third-order valence-corrected chi connectivity index (χ3v) is 11.0. The van der Waals surface area contributed by atoms with Crippen LogP contribution in [0.1, 0.15) is 77.7 Å². The van der Waals surface area contributed by atoms with Gasteiger partial charge in [0.15, 0.2) is 0 Å². The maximum Gasteiger partial charge on any atom is 0.289 e. The first-order valence-corrected chi connectivity index (χ1v) is 17.6. The highest BCUT2D eigenvalue weighted by atomic mass is 33.1. The summed E-state index contributed by atoms with van der Waals surface area (Å²) in [6.45, 7) is 5.56. The number of Topliss-reactive ketones (excluding diaryl/α,β-unsaturated/α-hetero) is 1. The van der Waals surface area contributed by atoms with E-state index >= 15 is 0 Å². The Labute approximate surface area is 262 Å². The van der Waals surface area contributed by atoms with Gasteiger partial charge in [-0.25, -0.2) is 0 Å². The highest BCUT2D eigenvalue weighted by Gasteiger charge is 2.46. The summed E-state index contributed by atoms with van der Waals surface area (Å²) in [5.74, 6) is -1.16. The fourth-order valence-electron chi connectivity index (χ4n) is 5.18. The lowest BCUT2D eigenvalue weighted by Crippen LogP contribution is -2.66. The number of hydrogen-bond acceptors (Lipinski definition) is 8. The molecule has 0 spiro atoms. The number of hydrogen-bond donors (Lipinski definition) is 4. The summed E-state index contributed by atoms with van der Waals surface area (Å²) >= 11 is 0. The molecule has 4 N–H and O–H groups in total. The largest absolute Gasteiger partial charge is 0.497 e. The predicted octanol–water partition coefficient (Wildman–Crippen LogP) is 3.32. The van der Waals surface area contributed by atoms with Crippen molar-refractivity contribution in [2.75, 3.05) is 19.4 Å². The van der Waals surface area contributed by atoms with Crippen molar-refractivity contribution in [3.63, 3.8) is 0 Å². The average molecular weight is 635 g/mol. The van der Waals surface area contributed by atoms with Crippen LogP contribution in [0.2, 0.25) is 0 Å². The lowest BCUT2D eigenvalue weighted by molar-refractivity contribution is -0.141. The van der Waals surface area contributed by atoms with Gasteiger partial charge in [-0.05, 0) is 69.1 Å². The topological polar surface area (TPSA) is 143 Å². The van der Waals surface area contributed by atoms with E-state index < -0.39 is 41.1 Å². The van der Waals surface area contributed by atoms with Gasteiger partial charge in [0.25, 0.3) is 5.91 Å². The van der Waals surface area contributed by atoms with Crippen molar-refractivity contribution < 1.29 is 28.7 Å². The van der Waals surface area contributed by atoms with E-state index in [1.807, 2.05) is 21.6 Å². The minimum Gasteiger partial charge on any atom is -0.497 e. The van der Waals surface area contributed by atoms with Crippen molar-refractivity contribution in [3.05, 3.63) is 29.8 Å². The van der Waals surface area contributed by atoms with Crippen LogP contribution in [-0.4, -0.2) is 71.7 Å². The minimum absolute atomic E-state index is 0.0860. The smallest absolute Gasteiger partial charge is 0.289 e. The first-order chi connectivity index (χ1) is 20.6. The van der Waals surface area contributed by atoms with Crippen molar-refractivity contribution in [1.29, 1.82) is 0 Å². The molecule has 0 bridgehead atoms. The van der Waals surface area contributed by atoms with E-state index in [0.29, 0.717) is 30.3 Å². The Morgan fingerprint density at radius 3 is 2.33 bits per heavy atom. The summed E-state index contributed by atoms with van der Waals surface area (Å²) in [5.41, 5.74) is -0.312. The van der Waals surface area contributed by atoms with Crippen LogP contribution in [0, 0.1) is 5.92 Å². The van der Waals surface area contributed by atoms with Gasteiger partial charge in [-0.3, -0.25) is 24.0 Å². The van der Waals surface area contributed by atoms with E-state index in [1.165, 1.54) is 12.2 Å². The standard InChI is InChI=1S/C31H46N4O6S2/c1-5-32-29(39)27(37)24(19-21-11-13-22(41-4)14-12-21)33-28(38)26(20(2)3)34-30(40)31(16-8-17-31)35-25(36)10-7-6-9-23-15-18-42-43-23/h11-14,20,23-24,26H,5-10,15-19H2,1-4H3,(H,32,39)(H,33,38)(H,34,40)(H,35,36)/t23?,24-,26-/m0/s1. The number of benzene rings is 1. The van der Waals surface area contributed by atoms with Crippen molar-refractivity contribution in [1.82, 2.24) is 21.3 Å². The van der Waals surface area contributed by atoms with Crippen molar-refractivity contribution in [2.24, 2.45) is 5.92 Å². The summed E-state index contributed by atoms with van der Waals surface area (Å²) in [5, 5.41) is 11.7. The third kappa shape index (κ3) is 10.2. The van der Waals surface area contributed by atoms with Crippen LogP contribution in [0.3, 0.4) is 0 Å². The van der Waals surface area contributed by atoms with E-state index in [2.05, 4.69) is 21.3 Å². The number of unbranched alkanes of at least 4 members (excludes halogenated alkanes) is 1. The van der Waals surface area contributed by atoms with Gasteiger partial charge in [-0.1, -0.05) is 54.0 Å². The van der Waals surface area contributed by atoms with E-state index in [1.54, 1.807) is 52.1 Å². The number of likely N-dealkylation sites (N-methyl/N-ethyl adjacent to an activating group) is 1. The van der Waals surface area contributed by atoms with Crippen molar-refractivity contribution in [3.8, 4) is 5.75 Å². The number of ether oxygens (including phenoxy) is 1. The molecular formula is C31H46N4O6S2. The zero-order valence-electron chi connectivity index (χ0n) is 25.7. The van der Waals surface area contributed by atoms with Crippen molar-refractivity contribution in [2.45, 2.75) is 101 Å². The van der Waals surface area contributed by atoms with Gasteiger partial charge < -0.3 is 26.0 Å². The molecule has 1 aromatic rings. The van der Waals surface area contributed by atoms with E-state index in [9.17, 15) is 24.0 Å². The second-order valence-electron chi connectivity index (χ2n) is 11.6. The first kappa shape index (κ1) is 34.8. The molecule has 1 saturated heterocycles. The molecule has 2 aliphatic rings. The summed E-state index contributed by atoms with van der Waals surface area (Å²) < 4.78 is 5.19. The summed E-state index contributed by atoms with van der Waals surface area (Å²) in [6.07, 6.45) is 6.33. The molecule has 0 radical (unpaired) electrons. The fraction of sp³-hybridized carbons (Fsp3) is 0.645. The molecule has 10 nitrogen and oxygen atoms in total. The summed E-state index contributed by atoms with van der Waals surface area (Å²) in [7, 11) is 5.40. The Kier molecular flexibility index (Phi) is 13.7. The number of ketones is 1. The SMILES string of the molecule is CCNC(=O)C(=O)[C@H](Cc1ccc(OC)cc1)NC(=O)[C@@H](NC(=O)C1(NC(=O)CCCCC2CCSS2)CCC1)C(C)C. The average Bonchev–Trinajstić information content (AvgIpc) is 3.49. The number of methoxy groups -OCH3 is 1. The molecule has 3 rings (SSSR count). The highest BCUT2D eigenvalue weighted by Crippen LogP contribution is 2.40. The monoisotopic (exact) mass is 634 g/mol. The molecule has 1 saturated carbocycles. The van der Waals surface area contributed by atoms with Crippen LogP contribution in [0.4, 0.5) is 0 Å². The number of amides is 4. The number of carbonyl (C=O) groups excluding carboxylic acids is 5. The highest BCUT2D eigenvalue weighted by molar-refractivity contribution is 8.77. The molecule has 0 aromatic heterocycles. The third-order valence-electron chi connectivity index (χ3n) is 7.96. The molecule has 1 unspecified atom stereocenters. The second kappa shape index (κ2) is 16.9. The normalized spacial score (nSPS) is 18.6. The number of carbonyl (C=O) groups is 5. The molecule has 2 fully saturated rings. The Bertz CT molecular complexity index is 1120. The van der Waals surface area contributed by atoms with E-state index in [-0.39, 0.29) is 24.8 Å². The lowest BCUT2D eigenvalue weighted by atomic mass is 9.75. The maximum atomic E-state index is 13.5. The number of nitrogens with one attached hydrogen (secondary N) is 4. The van der Waals surface area contributed by atoms with Crippen LogP contribution in [-0.2, 0) is 30.4 Å². The fourth-order valence-corrected chi connectivity index (χ4v) is 8.21. The van der Waals surface area contributed by atoms with E-state index in [0.717, 1.165) is 31.2 Å². The first-order valence-electron chi connectivity index (χ1n) is 15.2. The van der Waals surface area contributed by atoms with Crippen LogP contribution >= 0.6 is 21.6 Å².